The molecule has 1 heterocycles. The zero-order chi connectivity index (χ0) is 11.3. The van der Waals surface area contributed by atoms with Gasteiger partial charge in [-0.2, -0.15) is 0 Å². The number of hydrogen-bond donors (Lipinski definition) is 0. The maximum atomic E-state index is 10.8. The first kappa shape index (κ1) is 12.4. The molecule has 86 valence electrons. The number of carbonyl (C=O) groups excluding carboxylic acids is 1. The van der Waals surface area contributed by atoms with Crippen molar-refractivity contribution in [3.8, 4) is 0 Å². The number of rotatable bonds is 5. The van der Waals surface area contributed by atoms with Gasteiger partial charge in [-0.3, -0.25) is 0 Å². The van der Waals surface area contributed by atoms with E-state index in [9.17, 15) is 4.79 Å². The van der Waals surface area contributed by atoms with E-state index >= 15 is 0 Å². The molecule has 0 aromatic carbocycles. The predicted octanol–water partition coefficient (Wildman–Crippen LogP) is 3.12. The lowest BCUT2D eigenvalue weighted by atomic mass is 10.0. The Balaban J connectivity index is 2.22. The molecule has 2 heteroatoms. The van der Waals surface area contributed by atoms with Crippen LogP contribution >= 0.6 is 0 Å². The van der Waals surface area contributed by atoms with Crippen LogP contribution in [0.4, 0.5) is 0 Å². The van der Waals surface area contributed by atoms with Crippen molar-refractivity contribution < 1.29 is 9.53 Å². The highest BCUT2D eigenvalue weighted by Crippen LogP contribution is 2.23. The van der Waals surface area contributed by atoms with Crippen molar-refractivity contribution in [3.05, 3.63) is 11.6 Å². The summed E-state index contributed by atoms with van der Waals surface area (Å²) in [7, 11) is 0. The van der Waals surface area contributed by atoms with E-state index in [4.69, 9.17) is 4.74 Å². The summed E-state index contributed by atoms with van der Waals surface area (Å²) in [5.41, 5.74) is 1.36. The smallest absolute Gasteiger partial charge is 0.130 e. The van der Waals surface area contributed by atoms with Gasteiger partial charge in [-0.1, -0.05) is 18.6 Å². The van der Waals surface area contributed by atoms with Gasteiger partial charge in [0, 0.05) is 13.0 Å². The number of allylic oxidation sites excluding steroid dienone is 1. The van der Waals surface area contributed by atoms with Crippen LogP contribution in [0.25, 0.3) is 0 Å². The highest BCUT2D eigenvalue weighted by molar-refractivity contribution is 5.75. The molecule has 0 aliphatic carbocycles. The molecule has 0 radical (unpaired) electrons. The second kappa shape index (κ2) is 6.06. The van der Waals surface area contributed by atoms with E-state index in [1.54, 1.807) is 6.92 Å². The minimum Gasteiger partial charge on any atom is -0.378 e. The lowest BCUT2D eigenvalue weighted by molar-refractivity contribution is -0.116. The Hall–Kier alpha value is -0.630. The van der Waals surface area contributed by atoms with Crippen LogP contribution in [0.5, 0.6) is 0 Å². The molecule has 0 saturated carbocycles. The molecule has 1 aliphatic rings. The molecular formula is C13H22O2. The highest BCUT2D eigenvalue weighted by atomic mass is 16.5. The van der Waals surface area contributed by atoms with Gasteiger partial charge < -0.3 is 9.53 Å². The summed E-state index contributed by atoms with van der Waals surface area (Å²) in [5.74, 6) is 0.977. The van der Waals surface area contributed by atoms with Crippen molar-refractivity contribution in [2.24, 2.45) is 5.92 Å². The van der Waals surface area contributed by atoms with Crippen LogP contribution in [0, 0.1) is 5.92 Å². The molecule has 1 aliphatic heterocycles. The van der Waals surface area contributed by atoms with Crippen molar-refractivity contribution in [1.82, 2.24) is 0 Å². The van der Waals surface area contributed by atoms with Crippen molar-refractivity contribution in [2.45, 2.75) is 52.6 Å². The van der Waals surface area contributed by atoms with Crippen molar-refractivity contribution in [1.29, 1.82) is 0 Å². The second-order valence-corrected chi connectivity index (χ2v) is 4.79. The van der Waals surface area contributed by atoms with Gasteiger partial charge in [0.05, 0.1) is 6.10 Å². The minimum atomic E-state index is 0.268. The van der Waals surface area contributed by atoms with Crippen LogP contribution in [0.2, 0.25) is 0 Å². The first-order chi connectivity index (χ1) is 7.08. The van der Waals surface area contributed by atoms with Gasteiger partial charge in [0.1, 0.15) is 5.78 Å². The Morgan fingerprint density at radius 2 is 2.20 bits per heavy atom. The highest BCUT2D eigenvalue weighted by Gasteiger charge is 2.21. The monoisotopic (exact) mass is 210 g/mol. The van der Waals surface area contributed by atoms with Gasteiger partial charge in [0.25, 0.3) is 0 Å². The Morgan fingerprint density at radius 1 is 1.47 bits per heavy atom. The van der Waals surface area contributed by atoms with Gasteiger partial charge in [0.2, 0.25) is 0 Å². The normalized spacial score (nSPS) is 27.0. The molecular weight excluding hydrogens is 188 g/mol. The van der Waals surface area contributed by atoms with Crippen molar-refractivity contribution >= 4 is 5.78 Å². The maximum Gasteiger partial charge on any atom is 0.130 e. The summed E-state index contributed by atoms with van der Waals surface area (Å²) in [6.45, 7) is 6.91. The Labute approximate surface area is 92.7 Å². The SMILES string of the molecule is CC(=O)CCC=C(C)CC1CC(C)CO1. The van der Waals surface area contributed by atoms with Crippen LogP contribution in [-0.4, -0.2) is 18.5 Å². The van der Waals surface area contributed by atoms with E-state index in [2.05, 4.69) is 19.9 Å². The zero-order valence-corrected chi connectivity index (χ0v) is 10.1. The standard InChI is InChI=1S/C13H22O2/c1-10(5-4-6-12(3)14)7-13-8-11(2)9-15-13/h5,11,13H,4,6-9H2,1-3H3. The van der Waals surface area contributed by atoms with Crippen LogP contribution in [-0.2, 0) is 9.53 Å². The predicted molar refractivity (Wildman–Crippen MR) is 61.8 cm³/mol. The molecule has 1 rings (SSSR count). The largest absolute Gasteiger partial charge is 0.378 e. The zero-order valence-electron chi connectivity index (χ0n) is 10.1. The molecule has 1 fully saturated rings. The van der Waals surface area contributed by atoms with Crippen molar-refractivity contribution in [3.63, 3.8) is 0 Å². The molecule has 15 heavy (non-hydrogen) atoms. The lowest BCUT2D eigenvalue weighted by Gasteiger charge is -2.09. The third kappa shape index (κ3) is 5.12. The van der Waals surface area contributed by atoms with E-state index in [1.807, 2.05) is 0 Å². The minimum absolute atomic E-state index is 0.268. The lowest BCUT2D eigenvalue weighted by Crippen LogP contribution is -2.05. The molecule has 2 nitrogen and oxygen atoms in total. The van der Waals surface area contributed by atoms with E-state index in [0.29, 0.717) is 18.4 Å². The molecule has 2 unspecified atom stereocenters. The van der Waals surface area contributed by atoms with Gasteiger partial charge in [0.15, 0.2) is 0 Å². The average Bonchev–Trinajstić information content (AvgIpc) is 2.50. The third-order valence-electron chi connectivity index (χ3n) is 2.82. The fraction of sp³-hybridized carbons (Fsp3) is 0.769. The molecule has 0 aromatic heterocycles. The van der Waals surface area contributed by atoms with Crippen LogP contribution in [0.1, 0.15) is 46.5 Å². The van der Waals surface area contributed by atoms with Gasteiger partial charge >= 0.3 is 0 Å². The fourth-order valence-corrected chi connectivity index (χ4v) is 1.99. The first-order valence-electron chi connectivity index (χ1n) is 5.84. The number of hydrogen-bond acceptors (Lipinski definition) is 2. The maximum absolute atomic E-state index is 10.8. The quantitative estimate of drug-likeness (QED) is 0.652. The van der Waals surface area contributed by atoms with Gasteiger partial charge in [-0.25, -0.2) is 0 Å². The van der Waals surface area contributed by atoms with Gasteiger partial charge in [-0.15, -0.1) is 0 Å². The Bertz CT molecular complexity index is 243. The molecule has 0 amide bonds. The number of carbonyl (C=O) groups is 1. The summed E-state index contributed by atoms with van der Waals surface area (Å²) in [6.07, 6.45) is 6.34. The molecule has 0 N–H and O–H groups in total. The number of ether oxygens (including phenoxy) is 1. The van der Waals surface area contributed by atoms with Crippen molar-refractivity contribution in [2.75, 3.05) is 6.61 Å². The number of ketones is 1. The first-order valence-corrected chi connectivity index (χ1v) is 5.84. The molecule has 2 atom stereocenters. The summed E-state index contributed by atoms with van der Waals surface area (Å²) < 4.78 is 5.66. The fourth-order valence-electron chi connectivity index (χ4n) is 1.99. The van der Waals surface area contributed by atoms with Crippen LogP contribution < -0.4 is 0 Å². The summed E-state index contributed by atoms with van der Waals surface area (Å²) in [4.78, 5) is 10.8. The third-order valence-corrected chi connectivity index (χ3v) is 2.82. The average molecular weight is 210 g/mol. The molecule has 0 aromatic rings. The Morgan fingerprint density at radius 3 is 2.73 bits per heavy atom. The summed E-state index contributed by atoms with van der Waals surface area (Å²) in [5, 5.41) is 0. The topological polar surface area (TPSA) is 26.3 Å². The van der Waals surface area contributed by atoms with E-state index in [-0.39, 0.29) is 5.78 Å². The van der Waals surface area contributed by atoms with E-state index in [1.165, 1.54) is 12.0 Å². The number of Topliss-reactive ketones (excluding diaryl/α,β-unsaturated/α-hetero) is 1. The second-order valence-electron chi connectivity index (χ2n) is 4.79. The summed E-state index contributed by atoms with van der Waals surface area (Å²) >= 11 is 0. The van der Waals surface area contributed by atoms with Gasteiger partial charge in [-0.05, 0) is 39.0 Å². The van der Waals surface area contributed by atoms with E-state index < -0.39 is 0 Å². The van der Waals surface area contributed by atoms with E-state index in [0.717, 1.165) is 19.4 Å². The molecule has 0 bridgehead atoms. The van der Waals surface area contributed by atoms with Crippen LogP contribution in [0.3, 0.4) is 0 Å². The molecule has 0 spiro atoms. The summed E-state index contributed by atoms with van der Waals surface area (Å²) in [6, 6.07) is 0. The molecule has 1 saturated heterocycles. The van der Waals surface area contributed by atoms with Crippen LogP contribution in [0.15, 0.2) is 11.6 Å². The Kier molecular flexibility index (Phi) is 5.03.